The molecule has 1 aromatic rings. The standard InChI is InChI=1S/C16H25BrN4/c1-4-20(5-2)10-11-21-15(18)19-12-16(21,3)13-8-6-7-9-14(13)17/h6-9H,4-5,10-12H2,1-3H3,(H2,18,19). The smallest absolute Gasteiger partial charge is 0.192 e. The molecular formula is C16H25BrN4. The van der Waals surface area contributed by atoms with E-state index in [-0.39, 0.29) is 5.54 Å². The fourth-order valence-corrected chi connectivity index (χ4v) is 3.64. The molecule has 2 N–H and O–H groups in total. The van der Waals surface area contributed by atoms with E-state index >= 15 is 0 Å². The van der Waals surface area contributed by atoms with Crippen LogP contribution in [0.25, 0.3) is 0 Å². The summed E-state index contributed by atoms with van der Waals surface area (Å²) in [6.07, 6.45) is 0. The molecule has 1 atom stereocenters. The predicted octanol–water partition coefficient (Wildman–Crippen LogP) is 2.64. The van der Waals surface area contributed by atoms with Gasteiger partial charge in [-0.05, 0) is 31.6 Å². The second-order valence-electron chi connectivity index (χ2n) is 5.61. The largest absolute Gasteiger partial charge is 0.370 e. The van der Waals surface area contributed by atoms with Crippen molar-refractivity contribution in [1.82, 2.24) is 9.80 Å². The lowest BCUT2D eigenvalue weighted by atomic mass is 9.91. The van der Waals surface area contributed by atoms with Gasteiger partial charge < -0.3 is 15.5 Å². The molecule has 1 heterocycles. The average molecular weight is 353 g/mol. The zero-order chi connectivity index (χ0) is 15.5. The van der Waals surface area contributed by atoms with E-state index in [0.29, 0.717) is 12.5 Å². The minimum absolute atomic E-state index is 0.169. The molecule has 0 amide bonds. The minimum Gasteiger partial charge on any atom is -0.370 e. The Morgan fingerprint density at radius 1 is 1.33 bits per heavy atom. The molecule has 0 saturated heterocycles. The highest BCUT2D eigenvalue weighted by molar-refractivity contribution is 9.10. The van der Waals surface area contributed by atoms with Crippen LogP contribution in [0, 0.1) is 0 Å². The molecule has 0 spiro atoms. The second kappa shape index (κ2) is 6.79. The molecule has 1 aliphatic heterocycles. The van der Waals surface area contributed by atoms with E-state index < -0.39 is 0 Å². The lowest BCUT2D eigenvalue weighted by Crippen LogP contribution is -2.50. The van der Waals surface area contributed by atoms with Crippen LogP contribution in [0.1, 0.15) is 26.3 Å². The van der Waals surface area contributed by atoms with E-state index in [1.807, 2.05) is 6.07 Å². The maximum absolute atomic E-state index is 6.15. The molecule has 0 bridgehead atoms. The summed E-state index contributed by atoms with van der Waals surface area (Å²) in [6, 6.07) is 8.35. The van der Waals surface area contributed by atoms with Gasteiger partial charge in [0.15, 0.2) is 5.96 Å². The van der Waals surface area contributed by atoms with Crippen molar-refractivity contribution < 1.29 is 0 Å². The van der Waals surface area contributed by atoms with Crippen LogP contribution in [-0.4, -0.2) is 48.5 Å². The van der Waals surface area contributed by atoms with Crippen LogP contribution in [0.2, 0.25) is 0 Å². The molecule has 5 heteroatoms. The summed E-state index contributed by atoms with van der Waals surface area (Å²) in [5.74, 6) is 0.653. The summed E-state index contributed by atoms with van der Waals surface area (Å²) in [6.45, 7) is 11.3. The topological polar surface area (TPSA) is 44.9 Å². The Morgan fingerprint density at radius 3 is 2.62 bits per heavy atom. The normalized spacial score (nSPS) is 22.0. The van der Waals surface area contributed by atoms with E-state index in [9.17, 15) is 0 Å². The fourth-order valence-electron chi connectivity index (χ4n) is 2.93. The summed E-state index contributed by atoms with van der Waals surface area (Å²) >= 11 is 3.67. The molecule has 21 heavy (non-hydrogen) atoms. The first-order chi connectivity index (χ1) is 10.0. The maximum atomic E-state index is 6.15. The molecule has 0 radical (unpaired) electrons. The van der Waals surface area contributed by atoms with E-state index in [2.05, 4.69) is 69.7 Å². The van der Waals surface area contributed by atoms with Crippen molar-refractivity contribution in [2.24, 2.45) is 10.7 Å². The third kappa shape index (κ3) is 3.24. The van der Waals surface area contributed by atoms with Crippen LogP contribution >= 0.6 is 15.9 Å². The molecule has 1 aromatic carbocycles. The number of aliphatic imine (C=N–C) groups is 1. The third-order valence-corrected chi connectivity index (χ3v) is 5.10. The quantitative estimate of drug-likeness (QED) is 0.855. The summed E-state index contributed by atoms with van der Waals surface area (Å²) in [5.41, 5.74) is 7.23. The monoisotopic (exact) mass is 352 g/mol. The molecule has 4 nitrogen and oxygen atoms in total. The van der Waals surface area contributed by atoms with Gasteiger partial charge in [-0.1, -0.05) is 48.0 Å². The predicted molar refractivity (Wildman–Crippen MR) is 92.5 cm³/mol. The van der Waals surface area contributed by atoms with E-state index in [1.165, 1.54) is 5.56 Å². The zero-order valence-electron chi connectivity index (χ0n) is 13.1. The number of rotatable bonds is 6. The highest BCUT2D eigenvalue weighted by atomic mass is 79.9. The van der Waals surface area contributed by atoms with Crippen molar-refractivity contribution in [1.29, 1.82) is 0 Å². The van der Waals surface area contributed by atoms with Gasteiger partial charge in [0.25, 0.3) is 0 Å². The van der Waals surface area contributed by atoms with Crippen molar-refractivity contribution in [2.45, 2.75) is 26.3 Å². The Hall–Kier alpha value is -1.07. The molecule has 0 fully saturated rings. The van der Waals surface area contributed by atoms with Gasteiger partial charge in [-0.2, -0.15) is 0 Å². The molecule has 0 saturated carbocycles. The first-order valence-corrected chi connectivity index (χ1v) is 8.37. The van der Waals surface area contributed by atoms with Gasteiger partial charge >= 0.3 is 0 Å². The maximum Gasteiger partial charge on any atom is 0.192 e. The third-order valence-electron chi connectivity index (χ3n) is 4.41. The van der Waals surface area contributed by atoms with Crippen molar-refractivity contribution in [3.8, 4) is 0 Å². The Labute approximate surface area is 136 Å². The van der Waals surface area contributed by atoms with Crippen molar-refractivity contribution in [3.05, 3.63) is 34.3 Å². The molecule has 0 aliphatic carbocycles. The Morgan fingerprint density at radius 2 is 2.00 bits per heavy atom. The lowest BCUT2D eigenvalue weighted by Gasteiger charge is -2.38. The number of nitrogens with two attached hydrogens (primary N) is 1. The lowest BCUT2D eigenvalue weighted by molar-refractivity contribution is 0.188. The second-order valence-corrected chi connectivity index (χ2v) is 6.46. The molecule has 1 aliphatic rings. The summed E-state index contributed by atoms with van der Waals surface area (Å²) < 4.78 is 1.12. The Bertz CT molecular complexity index is 513. The fraction of sp³-hybridized carbons (Fsp3) is 0.562. The highest BCUT2D eigenvalue weighted by Gasteiger charge is 2.40. The molecule has 2 rings (SSSR count). The van der Waals surface area contributed by atoms with Gasteiger partial charge in [0.2, 0.25) is 0 Å². The highest BCUT2D eigenvalue weighted by Crippen LogP contribution is 2.36. The summed E-state index contributed by atoms with van der Waals surface area (Å²) in [5, 5.41) is 0. The number of halogens is 1. The molecular weight excluding hydrogens is 328 g/mol. The van der Waals surface area contributed by atoms with Crippen molar-refractivity contribution >= 4 is 21.9 Å². The van der Waals surface area contributed by atoms with Crippen LogP contribution in [0.5, 0.6) is 0 Å². The summed E-state index contributed by atoms with van der Waals surface area (Å²) in [7, 11) is 0. The summed E-state index contributed by atoms with van der Waals surface area (Å²) in [4.78, 5) is 9.15. The SMILES string of the molecule is CCN(CC)CCN1C(N)=NCC1(C)c1ccccc1Br. The van der Waals surface area contributed by atoms with Crippen LogP contribution < -0.4 is 5.73 Å². The van der Waals surface area contributed by atoms with Gasteiger partial charge in [0, 0.05) is 17.6 Å². The molecule has 0 aromatic heterocycles. The van der Waals surface area contributed by atoms with Gasteiger partial charge in [-0.25, -0.2) is 0 Å². The zero-order valence-corrected chi connectivity index (χ0v) is 14.7. The van der Waals surface area contributed by atoms with Crippen LogP contribution in [0.3, 0.4) is 0 Å². The van der Waals surface area contributed by atoms with E-state index in [0.717, 1.165) is 30.7 Å². The number of hydrogen-bond donors (Lipinski definition) is 1. The van der Waals surface area contributed by atoms with E-state index in [1.54, 1.807) is 0 Å². The molecule has 1 unspecified atom stereocenters. The van der Waals surface area contributed by atoms with Crippen LogP contribution in [-0.2, 0) is 5.54 Å². The number of benzene rings is 1. The van der Waals surface area contributed by atoms with Crippen LogP contribution in [0.4, 0.5) is 0 Å². The van der Waals surface area contributed by atoms with Gasteiger partial charge in [0.05, 0.1) is 12.1 Å². The number of likely N-dealkylation sites (N-methyl/N-ethyl adjacent to an activating group) is 1. The van der Waals surface area contributed by atoms with Crippen LogP contribution in [0.15, 0.2) is 33.7 Å². The average Bonchev–Trinajstić information content (AvgIpc) is 2.77. The van der Waals surface area contributed by atoms with E-state index in [4.69, 9.17) is 5.73 Å². The van der Waals surface area contributed by atoms with Crippen molar-refractivity contribution in [2.75, 3.05) is 32.7 Å². The number of hydrogen-bond acceptors (Lipinski definition) is 4. The number of nitrogens with zero attached hydrogens (tertiary/aromatic N) is 3. The van der Waals surface area contributed by atoms with Gasteiger partial charge in [-0.3, -0.25) is 4.99 Å². The molecule has 116 valence electrons. The first kappa shape index (κ1) is 16.3. The van der Waals surface area contributed by atoms with Crippen molar-refractivity contribution in [3.63, 3.8) is 0 Å². The number of guanidine groups is 1. The van der Waals surface area contributed by atoms with Gasteiger partial charge in [-0.15, -0.1) is 0 Å². The first-order valence-electron chi connectivity index (χ1n) is 7.57. The van der Waals surface area contributed by atoms with Gasteiger partial charge in [0.1, 0.15) is 0 Å². The Kier molecular flexibility index (Phi) is 5.27. The Balaban J connectivity index is 2.21. The minimum atomic E-state index is -0.169.